The fourth-order valence-electron chi connectivity index (χ4n) is 5.31. The molecule has 6 rings (SSSR count). The minimum atomic E-state index is -0.580. The lowest BCUT2D eigenvalue weighted by Gasteiger charge is -2.36. The standard InChI is InChI=1S/C29H32FN9O3/c1-37-8-10-38(11-9-37)25(16-42-2)28(41)35-22-5-3-4-19-20(12-31-27(19)22)26-21(30)13-32-29(36-26)34-18-6-7-24-23(15-40)33-17-39(24)14-18/h3-7,12-14,17,25,31,40H,8-11,15-16H2,1-2H3,(H,35,41)(H,32,34,36)/t25-/m1/s1. The van der Waals surface area contributed by atoms with Crippen molar-refractivity contribution in [1.82, 2.24) is 34.1 Å². The number of fused-ring (bicyclic) bond motifs is 2. The van der Waals surface area contributed by atoms with E-state index in [0.29, 0.717) is 33.5 Å². The maximum atomic E-state index is 15.1. The number of benzene rings is 1. The molecule has 1 aliphatic heterocycles. The Morgan fingerprint density at radius 3 is 2.81 bits per heavy atom. The fourth-order valence-corrected chi connectivity index (χ4v) is 5.31. The minimum Gasteiger partial charge on any atom is -0.390 e. The van der Waals surface area contributed by atoms with Gasteiger partial charge in [-0.15, -0.1) is 0 Å². The maximum absolute atomic E-state index is 15.1. The van der Waals surface area contributed by atoms with E-state index < -0.39 is 11.9 Å². The number of aliphatic hydroxyl groups excluding tert-OH is 1. The number of para-hydroxylation sites is 1. The summed E-state index contributed by atoms with van der Waals surface area (Å²) in [4.78, 5) is 33.8. The number of hydrogen-bond donors (Lipinski definition) is 4. The summed E-state index contributed by atoms with van der Waals surface area (Å²) in [5.74, 6) is -0.531. The number of nitrogens with zero attached hydrogens (tertiary/aromatic N) is 6. The summed E-state index contributed by atoms with van der Waals surface area (Å²) in [7, 11) is 3.66. The summed E-state index contributed by atoms with van der Waals surface area (Å²) in [5, 5.41) is 16.3. The van der Waals surface area contributed by atoms with E-state index in [9.17, 15) is 9.90 Å². The number of aliphatic hydroxyl groups is 1. The quantitative estimate of drug-likeness (QED) is 0.210. The highest BCUT2D eigenvalue weighted by Crippen LogP contribution is 2.33. The zero-order valence-corrected chi connectivity index (χ0v) is 23.3. The van der Waals surface area contributed by atoms with Crippen LogP contribution in [0.15, 0.2) is 55.2 Å². The molecular weight excluding hydrogens is 541 g/mol. The van der Waals surface area contributed by atoms with Crippen molar-refractivity contribution in [2.24, 2.45) is 0 Å². The molecule has 218 valence electrons. The third-order valence-electron chi connectivity index (χ3n) is 7.60. The van der Waals surface area contributed by atoms with E-state index in [-0.39, 0.29) is 30.8 Å². The number of methoxy groups -OCH3 is 1. The number of carbonyl (C=O) groups is 1. The molecule has 0 bridgehead atoms. The van der Waals surface area contributed by atoms with E-state index >= 15 is 4.39 Å². The first-order valence-electron chi connectivity index (χ1n) is 13.6. The van der Waals surface area contributed by atoms with Crippen LogP contribution in [0.2, 0.25) is 0 Å². The Bertz CT molecular complexity index is 1730. The number of carbonyl (C=O) groups excluding carboxylic acids is 1. The van der Waals surface area contributed by atoms with Gasteiger partial charge in [-0.3, -0.25) is 9.69 Å². The van der Waals surface area contributed by atoms with Crippen LogP contribution in [0.3, 0.4) is 0 Å². The number of pyridine rings is 1. The molecule has 0 unspecified atom stereocenters. The first-order chi connectivity index (χ1) is 20.4. The molecule has 1 amide bonds. The Kier molecular flexibility index (Phi) is 7.80. The minimum absolute atomic E-state index is 0.114. The molecule has 5 aromatic rings. The lowest BCUT2D eigenvalue weighted by atomic mass is 10.1. The van der Waals surface area contributed by atoms with Crippen molar-refractivity contribution in [2.45, 2.75) is 12.6 Å². The van der Waals surface area contributed by atoms with Gasteiger partial charge >= 0.3 is 0 Å². The van der Waals surface area contributed by atoms with Crippen molar-refractivity contribution in [1.29, 1.82) is 0 Å². The number of H-pyrrole nitrogens is 1. The van der Waals surface area contributed by atoms with E-state index in [2.05, 4.69) is 47.4 Å². The average Bonchev–Trinajstić information content (AvgIpc) is 3.62. The molecule has 0 saturated carbocycles. The Labute approximate surface area is 241 Å². The Morgan fingerprint density at radius 2 is 2.02 bits per heavy atom. The SMILES string of the molecule is COC[C@H](C(=O)Nc1cccc2c(-c3nc(Nc4ccc5c(CO)ncn5c4)ncc3F)c[nH]c12)N1CCN(C)CC1. The monoisotopic (exact) mass is 573 g/mol. The molecule has 1 saturated heterocycles. The zero-order valence-electron chi connectivity index (χ0n) is 23.3. The number of aromatic amines is 1. The number of likely N-dealkylation sites (N-methyl/N-ethyl adjacent to an activating group) is 1. The van der Waals surface area contributed by atoms with Crippen LogP contribution in [-0.4, -0.2) is 98.1 Å². The van der Waals surface area contributed by atoms with Gasteiger partial charge < -0.3 is 34.8 Å². The number of aromatic nitrogens is 5. The van der Waals surface area contributed by atoms with Crippen LogP contribution in [0, 0.1) is 5.82 Å². The van der Waals surface area contributed by atoms with Crippen molar-refractivity contribution < 1.29 is 19.0 Å². The summed E-state index contributed by atoms with van der Waals surface area (Å²) in [5.41, 5.74) is 3.91. The summed E-state index contributed by atoms with van der Waals surface area (Å²) >= 11 is 0. The van der Waals surface area contributed by atoms with Crippen molar-refractivity contribution in [2.75, 3.05) is 57.6 Å². The molecule has 0 spiro atoms. The molecule has 1 atom stereocenters. The van der Waals surface area contributed by atoms with Crippen LogP contribution < -0.4 is 10.6 Å². The zero-order chi connectivity index (χ0) is 29.2. The van der Waals surface area contributed by atoms with Gasteiger partial charge in [-0.25, -0.2) is 19.3 Å². The Balaban J connectivity index is 1.26. The van der Waals surface area contributed by atoms with Gasteiger partial charge in [0.1, 0.15) is 11.7 Å². The van der Waals surface area contributed by atoms with Gasteiger partial charge in [-0.05, 0) is 25.2 Å². The number of rotatable bonds is 9. The number of anilines is 3. The van der Waals surface area contributed by atoms with Crippen LogP contribution in [0.1, 0.15) is 5.69 Å². The van der Waals surface area contributed by atoms with Crippen LogP contribution in [-0.2, 0) is 16.1 Å². The van der Waals surface area contributed by atoms with E-state index in [1.54, 1.807) is 30.2 Å². The second-order valence-corrected chi connectivity index (χ2v) is 10.3. The molecule has 0 aliphatic carbocycles. The maximum Gasteiger partial charge on any atom is 0.244 e. The third-order valence-corrected chi connectivity index (χ3v) is 7.60. The van der Waals surface area contributed by atoms with E-state index in [0.717, 1.165) is 37.9 Å². The van der Waals surface area contributed by atoms with Gasteiger partial charge in [0, 0.05) is 56.6 Å². The topological polar surface area (TPSA) is 136 Å². The smallest absolute Gasteiger partial charge is 0.244 e. The summed E-state index contributed by atoms with van der Waals surface area (Å²) in [6.07, 6.45) is 6.19. The van der Waals surface area contributed by atoms with Gasteiger partial charge in [0.25, 0.3) is 0 Å². The fraction of sp³-hybridized carbons (Fsp3) is 0.310. The highest BCUT2D eigenvalue weighted by atomic mass is 19.1. The predicted molar refractivity (Wildman–Crippen MR) is 157 cm³/mol. The Morgan fingerprint density at radius 1 is 1.19 bits per heavy atom. The molecule has 4 aromatic heterocycles. The molecule has 1 aliphatic rings. The molecule has 0 radical (unpaired) electrons. The first kappa shape index (κ1) is 27.7. The lowest BCUT2D eigenvalue weighted by molar-refractivity contribution is -0.124. The molecule has 4 N–H and O–H groups in total. The summed E-state index contributed by atoms with van der Waals surface area (Å²) < 4.78 is 22.2. The van der Waals surface area contributed by atoms with E-state index in [1.165, 1.54) is 0 Å². The van der Waals surface area contributed by atoms with Crippen LogP contribution in [0.4, 0.5) is 21.7 Å². The van der Waals surface area contributed by atoms with Gasteiger partial charge in [0.05, 0.1) is 53.8 Å². The number of amides is 1. The van der Waals surface area contributed by atoms with Crippen molar-refractivity contribution in [3.05, 3.63) is 66.8 Å². The highest BCUT2D eigenvalue weighted by molar-refractivity contribution is 6.06. The van der Waals surface area contributed by atoms with Crippen molar-refractivity contribution in [3.8, 4) is 11.3 Å². The largest absolute Gasteiger partial charge is 0.390 e. The van der Waals surface area contributed by atoms with E-state index in [1.807, 2.05) is 30.3 Å². The number of hydrogen-bond acceptors (Lipinski definition) is 9. The summed E-state index contributed by atoms with van der Waals surface area (Å²) in [6.45, 7) is 3.43. The number of nitrogens with one attached hydrogen (secondary N) is 3. The number of piperazine rings is 1. The molecule has 5 heterocycles. The molecular formula is C29H32FN9O3. The normalized spacial score (nSPS) is 15.3. The second kappa shape index (κ2) is 11.8. The van der Waals surface area contributed by atoms with E-state index in [4.69, 9.17) is 4.74 Å². The molecule has 1 aromatic carbocycles. The van der Waals surface area contributed by atoms with Crippen molar-refractivity contribution in [3.63, 3.8) is 0 Å². The van der Waals surface area contributed by atoms with Crippen LogP contribution >= 0.6 is 0 Å². The number of imidazole rings is 1. The first-order valence-corrected chi connectivity index (χ1v) is 13.6. The van der Waals surface area contributed by atoms with Gasteiger partial charge in [0.2, 0.25) is 11.9 Å². The van der Waals surface area contributed by atoms with Crippen LogP contribution in [0.5, 0.6) is 0 Å². The van der Waals surface area contributed by atoms with Crippen LogP contribution in [0.25, 0.3) is 27.7 Å². The second-order valence-electron chi connectivity index (χ2n) is 10.3. The third kappa shape index (κ3) is 5.42. The molecule has 13 heteroatoms. The molecule has 1 fully saturated rings. The Hall–Kier alpha value is -4.43. The van der Waals surface area contributed by atoms with Gasteiger partial charge in [-0.1, -0.05) is 12.1 Å². The number of halogens is 1. The van der Waals surface area contributed by atoms with Gasteiger partial charge in [0.15, 0.2) is 5.82 Å². The molecule has 12 nitrogen and oxygen atoms in total. The summed E-state index contributed by atoms with van der Waals surface area (Å²) in [6, 6.07) is 8.67. The predicted octanol–water partition coefficient (Wildman–Crippen LogP) is 2.85. The number of ether oxygens (including phenoxy) is 1. The van der Waals surface area contributed by atoms with Crippen molar-refractivity contribution >= 4 is 39.6 Å². The average molecular weight is 574 g/mol. The highest BCUT2D eigenvalue weighted by Gasteiger charge is 2.29. The lowest BCUT2D eigenvalue weighted by Crippen LogP contribution is -2.54. The molecule has 42 heavy (non-hydrogen) atoms. The van der Waals surface area contributed by atoms with Gasteiger partial charge in [-0.2, -0.15) is 0 Å².